The summed E-state index contributed by atoms with van der Waals surface area (Å²) in [6.45, 7) is 5.54. The molecule has 0 amide bonds. The Balaban J connectivity index is 0.00000261. The van der Waals surface area contributed by atoms with Crippen LogP contribution in [-0.2, 0) is 13.0 Å². The fourth-order valence-corrected chi connectivity index (χ4v) is 3.47. The Labute approximate surface area is 181 Å². The van der Waals surface area contributed by atoms with Crippen LogP contribution in [-0.4, -0.2) is 34.5 Å². The first kappa shape index (κ1) is 21.4. The molecular weight excluding hydrogens is 471 g/mol. The van der Waals surface area contributed by atoms with Crippen LogP contribution >= 0.6 is 35.3 Å². The second-order valence-electron chi connectivity index (χ2n) is 5.96. The Morgan fingerprint density at radius 2 is 1.96 bits per heavy atom. The lowest BCUT2D eigenvalue weighted by molar-refractivity contribution is 0.771. The Morgan fingerprint density at radius 3 is 2.63 bits per heavy atom. The first-order chi connectivity index (χ1) is 12.7. The highest BCUT2D eigenvalue weighted by Crippen LogP contribution is 2.17. The number of imidazole rings is 1. The van der Waals surface area contributed by atoms with Gasteiger partial charge in [0.2, 0.25) is 0 Å². The lowest BCUT2D eigenvalue weighted by Gasteiger charge is -2.10. The number of H-pyrrole nitrogens is 1. The average molecular weight is 496 g/mol. The van der Waals surface area contributed by atoms with Gasteiger partial charge in [-0.05, 0) is 19.4 Å². The van der Waals surface area contributed by atoms with Gasteiger partial charge in [0.15, 0.2) is 5.96 Å². The van der Waals surface area contributed by atoms with Gasteiger partial charge >= 0.3 is 0 Å². The van der Waals surface area contributed by atoms with Crippen LogP contribution in [0.15, 0.2) is 41.5 Å². The standard InChI is InChI=1S/C19H24N6S.HI/c1-13-14(2)26-18(24-13)9-10-21-19(20-3)23-12-17-22-11-16(25-17)15-7-5-4-6-8-15;/h4-8,11H,9-10,12H2,1-3H3,(H,22,25)(H2,20,21,23);1H. The molecule has 2 heterocycles. The zero-order chi connectivity index (χ0) is 18.4. The average Bonchev–Trinajstić information content (AvgIpc) is 3.25. The molecule has 0 spiro atoms. The topological polar surface area (TPSA) is 78.0 Å². The molecule has 0 radical (unpaired) electrons. The summed E-state index contributed by atoms with van der Waals surface area (Å²) in [6, 6.07) is 10.2. The molecule has 0 aliphatic rings. The highest BCUT2D eigenvalue weighted by molar-refractivity contribution is 14.0. The van der Waals surface area contributed by atoms with Crippen LogP contribution in [0.3, 0.4) is 0 Å². The van der Waals surface area contributed by atoms with Gasteiger partial charge in [-0.1, -0.05) is 30.3 Å². The van der Waals surface area contributed by atoms with E-state index in [1.54, 1.807) is 18.4 Å². The van der Waals surface area contributed by atoms with Gasteiger partial charge < -0.3 is 15.6 Å². The molecule has 0 aliphatic carbocycles. The molecule has 2 aromatic heterocycles. The minimum Gasteiger partial charge on any atom is -0.356 e. The third kappa shape index (κ3) is 6.03. The molecule has 1 aromatic carbocycles. The van der Waals surface area contributed by atoms with Gasteiger partial charge in [-0.15, -0.1) is 35.3 Å². The Hall–Kier alpha value is -1.94. The van der Waals surface area contributed by atoms with Crippen LogP contribution in [0.4, 0.5) is 0 Å². The number of hydrogen-bond acceptors (Lipinski definition) is 4. The third-order valence-electron chi connectivity index (χ3n) is 4.06. The number of aromatic amines is 1. The van der Waals surface area contributed by atoms with E-state index in [0.717, 1.165) is 46.7 Å². The molecule has 27 heavy (non-hydrogen) atoms. The van der Waals surface area contributed by atoms with Gasteiger partial charge in [-0.2, -0.15) is 0 Å². The largest absolute Gasteiger partial charge is 0.356 e. The molecule has 3 aromatic rings. The van der Waals surface area contributed by atoms with Gasteiger partial charge in [0.1, 0.15) is 5.82 Å². The maximum absolute atomic E-state index is 4.56. The second kappa shape index (κ2) is 10.4. The molecule has 6 nitrogen and oxygen atoms in total. The highest BCUT2D eigenvalue weighted by Gasteiger charge is 2.06. The fraction of sp³-hybridized carbons (Fsp3) is 0.316. The number of benzene rings is 1. The second-order valence-corrected chi connectivity index (χ2v) is 7.25. The summed E-state index contributed by atoms with van der Waals surface area (Å²) in [6.07, 6.45) is 2.74. The molecule has 3 N–H and O–H groups in total. The number of aromatic nitrogens is 3. The predicted molar refractivity (Wildman–Crippen MR) is 123 cm³/mol. The maximum Gasteiger partial charge on any atom is 0.191 e. The molecular formula is C19H25IN6S. The quantitative estimate of drug-likeness (QED) is 0.277. The zero-order valence-corrected chi connectivity index (χ0v) is 18.9. The summed E-state index contributed by atoms with van der Waals surface area (Å²) in [5.74, 6) is 1.63. The van der Waals surface area contributed by atoms with Crippen molar-refractivity contribution in [3.05, 3.63) is 57.9 Å². The predicted octanol–water partition coefficient (Wildman–Crippen LogP) is 3.68. The van der Waals surface area contributed by atoms with Crippen LogP contribution in [0.5, 0.6) is 0 Å². The number of thiazole rings is 1. The van der Waals surface area contributed by atoms with Crippen molar-refractivity contribution < 1.29 is 0 Å². The number of aryl methyl sites for hydroxylation is 2. The first-order valence-corrected chi connectivity index (χ1v) is 9.44. The molecule has 3 rings (SSSR count). The van der Waals surface area contributed by atoms with Crippen molar-refractivity contribution >= 4 is 41.3 Å². The number of aliphatic imine (C=N–C) groups is 1. The molecule has 0 bridgehead atoms. The van der Waals surface area contributed by atoms with Crippen molar-refractivity contribution in [1.29, 1.82) is 0 Å². The Kier molecular flexibility index (Phi) is 8.23. The van der Waals surface area contributed by atoms with Crippen LogP contribution in [0.2, 0.25) is 0 Å². The summed E-state index contributed by atoms with van der Waals surface area (Å²) in [5, 5.41) is 7.75. The van der Waals surface area contributed by atoms with Crippen molar-refractivity contribution in [2.45, 2.75) is 26.8 Å². The van der Waals surface area contributed by atoms with E-state index in [0.29, 0.717) is 6.54 Å². The highest BCUT2D eigenvalue weighted by atomic mass is 127. The Bertz CT molecular complexity index is 852. The summed E-state index contributed by atoms with van der Waals surface area (Å²) in [4.78, 5) is 17.9. The number of guanidine groups is 1. The number of hydrogen-bond donors (Lipinski definition) is 3. The molecule has 0 saturated heterocycles. The van der Waals surface area contributed by atoms with Crippen molar-refractivity contribution in [3.8, 4) is 11.3 Å². The molecule has 144 valence electrons. The maximum atomic E-state index is 4.56. The number of rotatable bonds is 6. The minimum absolute atomic E-state index is 0. The SMILES string of the molecule is CN=C(NCCc1nc(C)c(C)s1)NCc1ncc(-c2ccccc2)[nH]1.I. The van der Waals surface area contributed by atoms with Gasteiger partial charge in [-0.3, -0.25) is 4.99 Å². The molecule has 0 fully saturated rings. The normalized spacial score (nSPS) is 11.1. The monoisotopic (exact) mass is 496 g/mol. The Morgan fingerprint density at radius 1 is 1.19 bits per heavy atom. The van der Waals surface area contributed by atoms with Gasteiger partial charge in [0.05, 0.1) is 29.1 Å². The van der Waals surface area contributed by atoms with Crippen molar-refractivity contribution in [3.63, 3.8) is 0 Å². The molecule has 0 atom stereocenters. The lowest BCUT2D eigenvalue weighted by Crippen LogP contribution is -2.38. The van der Waals surface area contributed by atoms with Crippen molar-refractivity contribution in [1.82, 2.24) is 25.6 Å². The van der Waals surface area contributed by atoms with Gasteiger partial charge in [0, 0.05) is 24.9 Å². The van der Waals surface area contributed by atoms with Gasteiger partial charge in [0.25, 0.3) is 0 Å². The van der Waals surface area contributed by atoms with Crippen LogP contribution < -0.4 is 10.6 Å². The summed E-state index contributed by atoms with van der Waals surface area (Å²) in [7, 11) is 1.77. The summed E-state index contributed by atoms with van der Waals surface area (Å²) >= 11 is 1.76. The molecule has 0 saturated carbocycles. The van der Waals surface area contributed by atoms with Gasteiger partial charge in [-0.25, -0.2) is 9.97 Å². The van der Waals surface area contributed by atoms with E-state index in [1.165, 1.54) is 4.88 Å². The van der Waals surface area contributed by atoms with Crippen LogP contribution in [0.25, 0.3) is 11.3 Å². The van der Waals surface area contributed by atoms with Crippen molar-refractivity contribution in [2.75, 3.05) is 13.6 Å². The number of nitrogens with zero attached hydrogens (tertiary/aromatic N) is 3. The lowest BCUT2D eigenvalue weighted by atomic mass is 10.2. The van der Waals surface area contributed by atoms with Crippen molar-refractivity contribution in [2.24, 2.45) is 4.99 Å². The van der Waals surface area contributed by atoms with E-state index in [4.69, 9.17) is 0 Å². The van der Waals surface area contributed by atoms with E-state index in [2.05, 4.69) is 56.6 Å². The van der Waals surface area contributed by atoms with E-state index in [-0.39, 0.29) is 24.0 Å². The summed E-state index contributed by atoms with van der Waals surface area (Å²) < 4.78 is 0. The van der Waals surface area contributed by atoms with E-state index >= 15 is 0 Å². The smallest absolute Gasteiger partial charge is 0.191 e. The minimum atomic E-state index is 0. The summed E-state index contributed by atoms with van der Waals surface area (Å²) in [5.41, 5.74) is 3.27. The number of halogens is 1. The molecule has 0 aliphatic heterocycles. The van der Waals surface area contributed by atoms with Crippen LogP contribution in [0, 0.1) is 13.8 Å². The molecule has 0 unspecified atom stereocenters. The van der Waals surface area contributed by atoms with E-state index < -0.39 is 0 Å². The van der Waals surface area contributed by atoms with Crippen LogP contribution in [0.1, 0.15) is 21.4 Å². The number of nitrogens with one attached hydrogen (secondary N) is 3. The fourth-order valence-electron chi connectivity index (χ4n) is 2.54. The third-order valence-corrected chi connectivity index (χ3v) is 5.20. The zero-order valence-electron chi connectivity index (χ0n) is 15.7. The van der Waals surface area contributed by atoms with E-state index in [1.807, 2.05) is 24.4 Å². The first-order valence-electron chi connectivity index (χ1n) is 8.62. The molecule has 8 heteroatoms. The van der Waals surface area contributed by atoms with E-state index in [9.17, 15) is 0 Å².